The van der Waals surface area contributed by atoms with Gasteiger partial charge in [-0.25, -0.2) is 0 Å². The molecule has 3 aromatic carbocycles. The van der Waals surface area contributed by atoms with Gasteiger partial charge in [0.05, 0.1) is 8.41 Å². The maximum Gasteiger partial charge on any atom is 0.141 e. The van der Waals surface area contributed by atoms with Crippen LogP contribution < -0.4 is 0 Å². The van der Waals surface area contributed by atoms with Crippen LogP contribution >= 0.6 is 0 Å². The van der Waals surface area contributed by atoms with Gasteiger partial charge in [-0.1, -0.05) is 54.6 Å². The Balaban J connectivity index is 0.000000141. The first-order chi connectivity index (χ1) is 16.1. The van der Waals surface area contributed by atoms with Crippen molar-refractivity contribution >= 4 is 41.1 Å². The number of phenols is 3. The van der Waals surface area contributed by atoms with Crippen LogP contribution in [0, 0.1) is 0 Å². The van der Waals surface area contributed by atoms with Crippen molar-refractivity contribution in [2.75, 3.05) is 0 Å². The van der Waals surface area contributed by atoms with Crippen molar-refractivity contribution in [3.05, 3.63) is 110 Å². The summed E-state index contributed by atoms with van der Waals surface area (Å²) < 4.78 is 0. The molecule has 0 bridgehead atoms. The molecular weight excluding hydrogens is 425 g/mol. The fraction of sp³-hybridized carbons (Fsp3) is 0. The molecule has 0 unspecified atom stereocenters. The minimum Gasteiger partial charge on any atom is -0.506 e. The summed E-state index contributed by atoms with van der Waals surface area (Å²) in [6.45, 7) is 0. The zero-order chi connectivity index (χ0) is 23.0. The van der Waals surface area contributed by atoms with Gasteiger partial charge in [-0.15, -0.1) is 0 Å². The van der Waals surface area contributed by atoms with Gasteiger partial charge < -0.3 is 15.3 Å². The predicted molar refractivity (Wildman–Crippen MR) is 140 cm³/mol. The van der Waals surface area contributed by atoms with E-state index in [2.05, 4.69) is 15.0 Å². The third-order valence-corrected chi connectivity index (χ3v) is 4.83. The quantitative estimate of drug-likeness (QED) is 0.292. The van der Waals surface area contributed by atoms with Crippen LogP contribution in [0.3, 0.4) is 0 Å². The van der Waals surface area contributed by atoms with Crippen LogP contribution in [-0.2, 0) is 0 Å². The van der Waals surface area contributed by atoms with Gasteiger partial charge in [0.1, 0.15) is 33.8 Å². The Kier molecular flexibility index (Phi) is 7.97. The molecule has 0 amide bonds. The van der Waals surface area contributed by atoms with E-state index in [1.54, 1.807) is 55.0 Å². The van der Waals surface area contributed by atoms with Crippen LogP contribution in [0.2, 0.25) is 0 Å². The van der Waals surface area contributed by atoms with Gasteiger partial charge in [0.25, 0.3) is 0 Å². The molecule has 0 aliphatic heterocycles. The topological polar surface area (TPSA) is 99.4 Å². The lowest BCUT2D eigenvalue weighted by molar-refractivity contribution is 0.480. The van der Waals surface area contributed by atoms with Gasteiger partial charge in [0.2, 0.25) is 0 Å². The summed E-state index contributed by atoms with van der Waals surface area (Å²) in [6, 6.07) is 27.4. The van der Waals surface area contributed by atoms with E-state index in [1.807, 2.05) is 54.6 Å². The first-order valence-corrected chi connectivity index (χ1v) is 10.2. The van der Waals surface area contributed by atoms with Crippen molar-refractivity contribution in [1.82, 2.24) is 15.0 Å². The van der Waals surface area contributed by atoms with E-state index < -0.39 is 0 Å². The minimum atomic E-state index is 0. The highest BCUT2D eigenvalue weighted by Crippen LogP contribution is 2.22. The van der Waals surface area contributed by atoms with Gasteiger partial charge in [-0.2, -0.15) is 0 Å². The van der Waals surface area contributed by atoms with E-state index >= 15 is 0 Å². The highest BCUT2D eigenvalue weighted by Gasteiger charge is 1.98. The molecule has 0 atom stereocenters. The molecule has 6 aromatic rings. The molecule has 0 fully saturated rings. The summed E-state index contributed by atoms with van der Waals surface area (Å²) in [5.74, 6) is 0.717. The van der Waals surface area contributed by atoms with Crippen LogP contribution in [0.4, 0.5) is 0 Å². The molecule has 34 heavy (non-hydrogen) atoms. The van der Waals surface area contributed by atoms with Gasteiger partial charge >= 0.3 is 0 Å². The molecule has 0 aliphatic carbocycles. The second-order valence-corrected chi connectivity index (χ2v) is 7.06. The molecule has 0 spiro atoms. The van der Waals surface area contributed by atoms with Crippen molar-refractivity contribution in [3.8, 4) is 17.2 Å². The predicted octanol–water partition coefficient (Wildman–Crippen LogP) is 4.64. The van der Waals surface area contributed by atoms with Gasteiger partial charge in [-0.05, 0) is 36.4 Å². The van der Waals surface area contributed by atoms with E-state index in [0.717, 1.165) is 16.2 Å². The molecule has 3 aromatic heterocycles. The second-order valence-electron chi connectivity index (χ2n) is 7.06. The lowest BCUT2D eigenvalue weighted by atomic mass is 10.2. The van der Waals surface area contributed by atoms with E-state index in [4.69, 9.17) is 0 Å². The fourth-order valence-electron chi connectivity index (χ4n) is 3.26. The Bertz CT molecular complexity index is 1330. The van der Waals surface area contributed by atoms with Crippen molar-refractivity contribution in [1.29, 1.82) is 0 Å². The van der Waals surface area contributed by atoms with Crippen LogP contribution in [0.25, 0.3) is 32.7 Å². The van der Waals surface area contributed by atoms with Crippen LogP contribution in [0.15, 0.2) is 110 Å². The highest BCUT2D eigenvalue weighted by molar-refractivity contribution is 5.85. The number of rotatable bonds is 0. The standard InChI is InChI=1S/3C9H7NO.BH3/c3*11-8-5-1-3-7-4-2-6-10-9(7)8;/h3*1-6,11H;1H3. The number of benzene rings is 3. The molecule has 3 N–H and O–H groups in total. The molecule has 6 nitrogen and oxygen atoms in total. The zero-order valence-electron chi connectivity index (χ0n) is 17.6. The van der Waals surface area contributed by atoms with Crippen molar-refractivity contribution < 1.29 is 15.3 Å². The highest BCUT2D eigenvalue weighted by atomic mass is 16.3. The van der Waals surface area contributed by atoms with E-state index in [-0.39, 0.29) is 25.7 Å². The molecule has 3 heterocycles. The smallest absolute Gasteiger partial charge is 0.141 e. The summed E-state index contributed by atoms with van der Waals surface area (Å²) in [5, 5.41) is 30.8. The number of pyridine rings is 3. The normalized spacial score (nSPS) is 9.88. The monoisotopic (exact) mass is 449 g/mol. The van der Waals surface area contributed by atoms with Crippen molar-refractivity contribution in [2.24, 2.45) is 0 Å². The van der Waals surface area contributed by atoms with E-state index in [9.17, 15) is 15.3 Å². The number of aromatic nitrogens is 3. The summed E-state index contributed by atoms with van der Waals surface area (Å²) in [7, 11) is 0. The largest absolute Gasteiger partial charge is 0.506 e. The number of para-hydroxylation sites is 3. The first kappa shape index (κ1) is 24.0. The third kappa shape index (κ3) is 5.58. The molecule has 0 radical (unpaired) electrons. The Labute approximate surface area is 198 Å². The SMILES string of the molecule is B.Oc1cccc2cccnc12.Oc1cccc2cccnc12.Oc1cccc2cccnc12. The molecular formula is C27H24BN3O3. The number of aromatic hydroxyl groups is 3. The van der Waals surface area contributed by atoms with Gasteiger partial charge in [0, 0.05) is 34.7 Å². The number of phenolic OH excluding ortho intramolecular Hbond substituents is 3. The summed E-state index contributed by atoms with van der Waals surface area (Å²) in [5.41, 5.74) is 1.99. The zero-order valence-corrected chi connectivity index (χ0v) is 17.6. The average Bonchev–Trinajstić information content (AvgIpc) is 2.86. The van der Waals surface area contributed by atoms with Crippen LogP contribution in [-0.4, -0.2) is 38.7 Å². The lowest BCUT2D eigenvalue weighted by Crippen LogP contribution is -1.76. The van der Waals surface area contributed by atoms with E-state index in [1.165, 1.54) is 0 Å². The lowest BCUT2D eigenvalue weighted by Gasteiger charge is -1.96. The molecule has 168 valence electrons. The van der Waals surface area contributed by atoms with Crippen LogP contribution in [0.1, 0.15) is 0 Å². The molecule has 0 saturated carbocycles. The maximum atomic E-state index is 9.31. The number of fused-ring (bicyclic) bond motifs is 3. The summed E-state index contributed by atoms with van der Waals surface area (Å²) in [6.07, 6.45) is 5.01. The maximum absolute atomic E-state index is 9.31. The number of hydrogen-bond donors (Lipinski definition) is 3. The minimum absolute atomic E-state index is 0. The van der Waals surface area contributed by atoms with Crippen LogP contribution in [0.5, 0.6) is 17.2 Å². The van der Waals surface area contributed by atoms with Crippen molar-refractivity contribution in [2.45, 2.75) is 0 Å². The number of nitrogens with zero attached hydrogens (tertiary/aromatic N) is 3. The molecule has 7 heteroatoms. The van der Waals surface area contributed by atoms with Gasteiger partial charge in [-0.3, -0.25) is 15.0 Å². The van der Waals surface area contributed by atoms with E-state index in [0.29, 0.717) is 16.6 Å². The second kappa shape index (κ2) is 11.3. The van der Waals surface area contributed by atoms with Gasteiger partial charge in [0.15, 0.2) is 0 Å². The Morgan fingerprint density at radius 1 is 0.382 bits per heavy atom. The molecule has 6 rings (SSSR count). The summed E-state index contributed by atoms with van der Waals surface area (Å²) >= 11 is 0. The average molecular weight is 449 g/mol. The Morgan fingerprint density at radius 2 is 0.647 bits per heavy atom. The Hall–Kier alpha value is -4.65. The summed E-state index contributed by atoms with van der Waals surface area (Å²) in [4.78, 5) is 12.1. The Morgan fingerprint density at radius 3 is 0.912 bits per heavy atom. The third-order valence-electron chi connectivity index (χ3n) is 4.83. The fourth-order valence-corrected chi connectivity index (χ4v) is 3.26. The first-order valence-electron chi connectivity index (χ1n) is 10.2. The molecule has 0 saturated heterocycles. The molecule has 0 aliphatic rings. The number of hydrogen-bond acceptors (Lipinski definition) is 6. The van der Waals surface area contributed by atoms with Crippen molar-refractivity contribution in [3.63, 3.8) is 0 Å².